The Labute approximate surface area is 185 Å². The first-order valence-corrected chi connectivity index (χ1v) is 10.2. The number of fused-ring (bicyclic) bond motifs is 1. The molecule has 0 bridgehead atoms. The number of hydrogen-bond donors (Lipinski definition) is 1. The van der Waals surface area contributed by atoms with E-state index in [1.807, 2.05) is 39.0 Å². The molecule has 2 heterocycles. The number of carbonyl (C=O) groups is 1. The molecule has 2 aromatic heterocycles. The molecule has 1 amide bonds. The van der Waals surface area contributed by atoms with Gasteiger partial charge in [0.15, 0.2) is 0 Å². The Balaban J connectivity index is 1.76. The van der Waals surface area contributed by atoms with Crippen LogP contribution in [0.5, 0.6) is 5.75 Å². The third kappa shape index (κ3) is 4.12. The molecule has 0 fully saturated rings. The van der Waals surface area contributed by atoms with E-state index >= 15 is 0 Å². The molecule has 0 aliphatic rings. The number of benzene rings is 2. The molecule has 0 radical (unpaired) electrons. The predicted molar refractivity (Wildman–Crippen MR) is 124 cm³/mol. The minimum atomic E-state index is -0.298. The number of anilines is 1. The Morgan fingerprint density at radius 2 is 1.91 bits per heavy atom. The highest BCUT2D eigenvalue weighted by Crippen LogP contribution is 2.40. The molecule has 0 spiro atoms. The van der Waals surface area contributed by atoms with Gasteiger partial charge in [0.2, 0.25) is 5.91 Å². The number of aromatic nitrogens is 1. The zero-order valence-corrected chi connectivity index (χ0v) is 18.3. The summed E-state index contributed by atoms with van der Waals surface area (Å²) in [7, 11) is 1.59. The topological polar surface area (TPSA) is 64.4 Å². The molecule has 6 heteroatoms. The standard InChI is InChI=1S/C26H23FN2O3/c1-15(12-24(30)29-23-7-5-6-16(2)28-23)20-13-21-22(18-8-10-19(27)11-9-18)14-32-26(21)17(3)25(20)31-4/h5-14H,1-4H3,(H,28,29,30)/b15-12+. The van der Waals surface area contributed by atoms with E-state index < -0.39 is 0 Å². The molecular formula is C26H23FN2O3. The number of furan rings is 1. The van der Waals surface area contributed by atoms with E-state index in [9.17, 15) is 9.18 Å². The Morgan fingerprint density at radius 1 is 1.16 bits per heavy atom. The van der Waals surface area contributed by atoms with Crippen LogP contribution in [0.2, 0.25) is 0 Å². The molecule has 0 unspecified atom stereocenters. The molecule has 162 valence electrons. The molecule has 5 nitrogen and oxygen atoms in total. The molecular weight excluding hydrogens is 407 g/mol. The highest BCUT2D eigenvalue weighted by atomic mass is 19.1. The first kappa shape index (κ1) is 21.3. The van der Waals surface area contributed by atoms with Gasteiger partial charge in [-0.25, -0.2) is 9.37 Å². The quantitative estimate of drug-likeness (QED) is 0.377. The molecule has 0 aliphatic carbocycles. The number of aryl methyl sites for hydroxylation is 2. The fraction of sp³-hybridized carbons (Fsp3) is 0.154. The van der Waals surface area contributed by atoms with Gasteiger partial charge in [0.05, 0.1) is 13.4 Å². The second kappa shape index (κ2) is 8.67. The maximum atomic E-state index is 13.4. The minimum Gasteiger partial charge on any atom is -0.496 e. The van der Waals surface area contributed by atoms with E-state index in [1.54, 1.807) is 31.6 Å². The van der Waals surface area contributed by atoms with Crippen molar-refractivity contribution in [2.45, 2.75) is 20.8 Å². The van der Waals surface area contributed by atoms with Crippen LogP contribution in [-0.4, -0.2) is 18.0 Å². The van der Waals surface area contributed by atoms with E-state index in [-0.39, 0.29) is 11.7 Å². The first-order valence-electron chi connectivity index (χ1n) is 10.2. The van der Waals surface area contributed by atoms with Gasteiger partial charge in [-0.2, -0.15) is 0 Å². The second-order valence-electron chi connectivity index (χ2n) is 7.60. The molecule has 32 heavy (non-hydrogen) atoms. The van der Waals surface area contributed by atoms with Crippen molar-refractivity contribution in [3.05, 3.63) is 83.5 Å². The summed E-state index contributed by atoms with van der Waals surface area (Å²) >= 11 is 0. The van der Waals surface area contributed by atoms with E-state index in [0.29, 0.717) is 17.2 Å². The van der Waals surface area contributed by atoms with Crippen LogP contribution in [0.3, 0.4) is 0 Å². The molecule has 4 rings (SSSR count). The summed E-state index contributed by atoms with van der Waals surface area (Å²) in [6, 6.07) is 13.6. The molecule has 2 aromatic carbocycles. The number of nitrogens with one attached hydrogen (secondary N) is 1. The van der Waals surface area contributed by atoms with Gasteiger partial charge in [-0.05, 0) is 62.2 Å². The van der Waals surface area contributed by atoms with Crippen molar-refractivity contribution < 1.29 is 18.3 Å². The van der Waals surface area contributed by atoms with Gasteiger partial charge in [0, 0.05) is 33.8 Å². The number of carbonyl (C=O) groups excluding carboxylic acids is 1. The number of rotatable bonds is 5. The first-order chi connectivity index (χ1) is 15.4. The summed E-state index contributed by atoms with van der Waals surface area (Å²) in [6.45, 7) is 5.62. The van der Waals surface area contributed by atoms with Crippen LogP contribution in [0, 0.1) is 19.7 Å². The highest BCUT2D eigenvalue weighted by Gasteiger charge is 2.19. The largest absolute Gasteiger partial charge is 0.496 e. The van der Waals surface area contributed by atoms with Crippen molar-refractivity contribution in [1.29, 1.82) is 0 Å². The average Bonchev–Trinajstić information content (AvgIpc) is 3.18. The van der Waals surface area contributed by atoms with Crippen LogP contribution in [0.1, 0.15) is 23.7 Å². The molecule has 0 atom stereocenters. The van der Waals surface area contributed by atoms with Gasteiger partial charge in [-0.3, -0.25) is 4.79 Å². The maximum absolute atomic E-state index is 13.4. The summed E-state index contributed by atoms with van der Waals surface area (Å²) in [4.78, 5) is 16.9. The van der Waals surface area contributed by atoms with Crippen molar-refractivity contribution in [2.75, 3.05) is 12.4 Å². The number of amides is 1. The molecule has 0 aliphatic heterocycles. The van der Waals surface area contributed by atoms with Crippen molar-refractivity contribution in [3.8, 4) is 16.9 Å². The summed E-state index contributed by atoms with van der Waals surface area (Å²) in [5.74, 6) is 0.540. The average molecular weight is 430 g/mol. The SMILES string of the molecule is COc1c(/C(C)=C/C(=O)Nc2cccc(C)n2)cc2c(-c3ccc(F)cc3)coc2c1C. The van der Waals surface area contributed by atoms with Crippen LogP contribution >= 0.6 is 0 Å². The predicted octanol–water partition coefficient (Wildman–Crippen LogP) is 6.30. The van der Waals surface area contributed by atoms with Gasteiger partial charge < -0.3 is 14.5 Å². The Kier molecular flexibility index (Phi) is 5.77. The van der Waals surface area contributed by atoms with Gasteiger partial charge in [0.25, 0.3) is 0 Å². The third-order valence-corrected chi connectivity index (χ3v) is 5.32. The molecule has 4 aromatic rings. The monoisotopic (exact) mass is 430 g/mol. The van der Waals surface area contributed by atoms with Crippen molar-refractivity contribution >= 4 is 28.3 Å². The number of halogens is 1. The van der Waals surface area contributed by atoms with Gasteiger partial charge in [0.1, 0.15) is 23.0 Å². The fourth-order valence-electron chi connectivity index (χ4n) is 3.77. The normalized spacial score (nSPS) is 11.6. The Hall–Kier alpha value is -3.93. The molecule has 1 N–H and O–H groups in total. The van der Waals surface area contributed by atoms with E-state index in [4.69, 9.17) is 9.15 Å². The summed E-state index contributed by atoms with van der Waals surface area (Å²) in [5, 5.41) is 3.65. The van der Waals surface area contributed by atoms with Gasteiger partial charge in [-0.15, -0.1) is 0 Å². The van der Waals surface area contributed by atoms with E-state index in [0.717, 1.165) is 38.9 Å². The lowest BCUT2D eigenvalue weighted by Crippen LogP contribution is -2.10. The number of hydrogen-bond acceptors (Lipinski definition) is 4. The van der Waals surface area contributed by atoms with E-state index in [2.05, 4.69) is 10.3 Å². The fourth-order valence-corrected chi connectivity index (χ4v) is 3.77. The summed E-state index contributed by atoms with van der Waals surface area (Å²) < 4.78 is 24.9. The zero-order valence-electron chi connectivity index (χ0n) is 18.3. The summed E-state index contributed by atoms with van der Waals surface area (Å²) in [5.41, 5.74) is 5.50. The smallest absolute Gasteiger partial charge is 0.249 e. The van der Waals surface area contributed by atoms with Gasteiger partial charge >= 0.3 is 0 Å². The van der Waals surface area contributed by atoms with Crippen molar-refractivity contribution in [2.24, 2.45) is 0 Å². The Bertz CT molecular complexity index is 1340. The number of methoxy groups -OCH3 is 1. The third-order valence-electron chi connectivity index (χ3n) is 5.32. The van der Waals surface area contributed by atoms with Crippen LogP contribution in [0.25, 0.3) is 27.7 Å². The Morgan fingerprint density at radius 3 is 2.59 bits per heavy atom. The van der Waals surface area contributed by atoms with Crippen LogP contribution in [-0.2, 0) is 4.79 Å². The number of ether oxygens (including phenoxy) is 1. The lowest BCUT2D eigenvalue weighted by atomic mass is 9.96. The lowest BCUT2D eigenvalue weighted by Gasteiger charge is -2.13. The van der Waals surface area contributed by atoms with Crippen molar-refractivity contribution in [3.63, 3.8) is 0 Å². The molecule has 0 saturated carbocycles. The number of allylic oxidation sites excluding steroid dienone is 1. The highest BCUT2D eigenvalue weighted by molar-refractivity contribution is 6.05. The van der Waals surface area contributed by atoms with E-state index in [1.165, 1.54) is 18.2 Å². The lowest BCUT2D eigenvalue weighted by molar-refractivity contribution is -0.111. The van der Waals surface area contributed by atoms with Crippen molar-refractivity contribution in [1.82, 2.24) is 4.98 Å². The van der Waals surface area contributed by atoms with Crippen LogP contribution in [0.4, 0.5) is 10.2 Å². The number of nitrogens with zero attached hydrogens (tertiary/aromatic N) is 1. The minimum absolute atomic E-state index is 0.286. The molecule has 0 saturated heterocycles. The van der Waals surface area contributed by atoms with Crippen LogP contribution in [0.15, 0.2) is 65.3 Å². The van der Waals surface area contributed by atoms with Gasteiger partial charge in [-0.1, -0.05) is 18.2 Å². The second-order valence-corrected chi connectivity index (χ2v) is 7.60. The number of pyridine rings is 1. The van der Waals surface area contributed by atoms with Crippen LogP contribution < -0.4 is 10.1 Å². The zero-order chi connectivity index (χ0) is 22.8. The summed E-state index contributed by atoms with van der Waals surface area (Å²) in [6.07, 6.45) is 3.17. The maximum Gasteiger partial charge on any atom is 0.249 e.